The van der Waals surface area contributed by atoms with Crippen LogP contribution in [0.4, 0.5) is 8.78 Å². The topological polar surface area (TPSA) is 88.5 Å². The highest BCUT2D eigenvalue weighted by Crippen LogP contribution is 2.35. The van der Waals surface area contributed by atoms with E-state index >= 15 is 0 Å². The monoisotopic (exact) mass is 656 g/mol. The quantitative estimate of drug-likeness (QED) is 0.181. The minimum atomic E-state index is -0.978. The SMILES string of the molecule is O=C(O)c1ccc(COCCCN2C(=O)C(Cc3cc(-c4ccc(F)c(F)c4)ccc3OCCN3CCOCC3)SC2=S)cc1. The van der Waals surface area contributed by atoms with Crippen LogP contribution < -0.4 is 4.74 Å². The van der Waals surface area contributed by atoms with Gasteiger partial charge in [-0.15, -0.1) is 0 Å². The Morgan fingerprint density at radius 2 is 1.71 bits per heavy atom. The fourth-order valence-electron chi connectivity index (χ4n) is 5.13. The van der Waals surface area contributed by atoms with Gasteiger partial charge in [-0.05, 0) is 71.5 Å². The van der Waals surface area contributed by atoms with E-state index in [1.54, 1.807) is 23.1 Å². The fourth-order valence-corrected chi connectivity index (χ4v) is 6.71. The Morgan fingerprint density at radius 1 is 0.978 bits per heavy atom. The summed E-state index contributed by atoms with van der Waals surface area (Å²) in [5.74, 6) is -2.27. The molecule has 0 spiro atoms. The molecule has 0 aromatic heterocycles. The lowest BCUT2D eigenvalue weighted by atomic mass is 9.99. The summed E-state index contributed by atoms with van der Waals surface area (Å²) in [5.41, 5.74) is 3.07. The molecule has 8 nitrogen and oxygen atoms in total. The molecule has 0 bridgehead atoms. The summed E-state index contributed by atoms with van der Waals surface area (Å²) in [6, 6.07) is 15.8. The van der Waals surface area contributed by atoms with Crippen molar-refractivity contribution in [2.75, 3.05) is 52.6 Å². The molecule has 5 rings (SSSR count). The van der Waals surface area contributed by atoms with Gasteiger partial charge in [0.25, 0.3) is 0 Å². The highest BCUT2D eigenvalue weighted by Gasteiger charge is 2.37. The average Bonchev–Trinajstić information content (AvgIpc) is 3.30. The van der Waals surface area contributed by atoms with Crippen molar-refractivity contribution >= 4 is 40.2 Å². The highest BCUT2D eigenvalue weighted by molar-refractivity contribution is 8.24. The van der Waals surface area contributed by atoms with E-state index in [0.29, 0.717) is 73.6 Å². The van der Waals surface area contributed by atoms with Crippen LogP contribution in [-0.2, 0) is 27.3 Å². The zero-order valence-electron chi connectivity index (χ0n) is 24.6. The predicted octanol–water partition coefficient (Wildman–Crippen LogP) is 5.42. The molecule has 1 unspecified atom stereocenters. The number of morpholine rings is 1. The van der Waals surface area contributed by atoms with Crippen molar-refractivity contribution in [3.05, 3.63) is 89.0 Å². The molecule has 1 N–H and O–H groups in total. The second-order valence-electron chi connectivity index (χ2n) is 10.7. The fraction of sp³-hybridized carbons (Fsp3) is 0.364. The number of amides is 1. The van der Waals surface area contributed by atoms with Crippen LogP contribution in [0, 0.1) is 11.6 Å². The molecule has 1 amide bonds. The van der Waals surface area contributed by atoms with Crippen LogP contribution >= 0.6 is 24.0 Å². The van der Waals surface area contributed by atoms with E-state index in [4.69, 9.17) is 31.5 Å². The second-order valence-corrected chi connectivity index (χ2v) is 12.6. The van der Waals surface area contributed by atoms with Crippen molar-refractivity contribution in [2.45, 2.75) is 24.7 Å². The van der Waals surface area contributed by atoms with E-state index in [0.717, 1.165) is 42.9 Å². The number of carboxylic acids is 1. The van der Waals surface area contributed by atoms with Gasteiger partial charge in [0.1, 0.15) is 16.7 Å². The molecule has 3 aromatic carbocycles. The highest BCUT2D eigenvalue weighted by atomic mass is 32.2. The second kappa shape index (κ2) is 15.7. The summed E-state index contributed by atoms with van der Waals surface area (Å²) in [6.07, 6.45) is 0.932. The minimum absolute atomic E-state index is 0.0910. The first-order valence-electron chi connectivity index (χ1n) is 14.7. The van der Waals surface area contributed by atoms with Crippen molar-refractivity contribution in [3.63, 3.8) is 0 Å². The zero-order chi connectivity index (χ0) is 31.8. The van der Waals surface area contributed by atoms with Crippen LogP contribution in [0.15, 0.2) is 60.7 Å². The van der Waals surface area contributed by atoms with Crippen LogP contribution in [0.3, 0.4) is 0 Å². The van der Waals surface area contributed by atoms with Gasteiger partial charge >= 0.3 is 5.97 Å². The number of hydrogen-bond acceptors (Lipinski definition) is 8. The van der Waals surface area contributed by atoms with E-state index in [1.165, 1.54) is 30.0 Å². The summed E-state index contributed by atoms with van der Waals surface area (Å²) >= 11 is 6.89. The Morgan fingerprint density at radius 3 is 2.44 bits per heavy atom. The van der Waals surface area contributed by atoms with Crippen LogP contribution in [-0.4, -0.2) is 89.0 Å². The summed E-state index contributed by atoms with van der Waals surface area (Å²) < 4.78 is 45.5. The lowest BCUT2D eigenvalue weighted by Crippen LogP contribution is -2.38. The molecule has 238 valence electrons. The van der Waals surface area contributed by atoms with Gasteiger partial charge in [0, 0.05) is 32.8 Å². The number of nitrogens with zero attached hydrogens (tertiary/aromatic N) is 2. The van der Waals surface area contributed by atoms with E-state index in [1.807, 2.05) is 12.1 Å². The molecular formula is C33H34F2N2O6S2. The van der Waals surface area contributed by atoms with Crippen molar-refractivity contribution < 1.29 is 37.7 Å². The third-order valence-electron chi connectivity index (χ3n) is 7.63. The maximum absolute atomic E-state index is 14.0. The molecule has 2 aliphatic heterocycles. The molecule has 1 atom stereocenters. The van der Waals surface area contributed by atoms with Crippen LogP contribution in [0.5, 0.6) is 5.75 Å². The zero-order valence-corrected chi connectivity index (χ0v) is 26.2. The van der Waals surface area contributed by atoms with Crippen molar-refractivity contribution in [1.82, 2.24) is 9.80 Å². The number of thioether (sulfide) groups is 1. The summed E-state index contributed by atoms with van der Waals surface area (Å²) in [5, 5.41) is 8.58. The number of thiocarbonyl (C=S) groups is 1. The summed E-state index contributed by atoms with van der Waals surface area (Å²) in [6.45, 7) is 5.42. The van der Waals surface area contributed by atoms with Crippen molar-refractivity contribution in [1.29, 1.82) is 0 Å². The number of rotatable bonds is 14. The molecule has 3 aromatic rings. The van der Waals surface area contributed by atoms with E-state index in [9.17, 15) is 18.4 Å². The molecule has 2 aliphatic rings. The first-order valence-corrected chi connectivity index (χ1v) is 16.0. The van der Waals surface area contributed by atoms with Gasteiger partial charge in [0.05, 0.1) is 30.6 Å². The number of benzene rings is 3. The maximum atomic E-state index is 14.0. The van der Waals surface area contributed by atoms with Crippen molar-refractivity contribution in [3.8, 4) is 16.9 Å². The average molecular weight is 657 g/mol. The molecule has 0 aliphatic carbocycles. The maximum Gasteiger partial charge on any atom is 0.335 e. The Balaban J connectivity index is 1.20. The van der Waals surface area contributed by atoms with Crippen molar-refractivity contribution in [2.24, 2.45) is 0 Å². The number of ether oxygens (including phenoxy) is 3. The third-order valence-corrected chi connectivity index (χ3v) is 9.22. The van der Waals surface area contributed by atoms with Gasteiger partial charge in [-0.25, -0.2) is 13.6 Å². The van der Waals surface area contributed by atoms with E-state index < -0.39 is 22.9 Å². The Labute approximate surface area is 270 Å². The van der Waals surface area contributed by atoms with Gasteiger partial charge in [-0.3, -0.25) is 14.6 Å². The summed E-state index contributed by atoms with van der Waals surface area (Å²) in [4.78, 5) is 28.3. The van der Waals surface area contributed by atoms with Gasteiger partial charge in [-0.2, -0.15) is 0 Å². The number of halogens is 2. The first-order chi connectivity index (χ1) is 21.8. The minimum Gasteiger partial charge on any atom is -0.492 e. The molecule has 0 saturated carbocycles. The lowest BCUT2D eigenvalue weighted by Gasteiger charge is -2.26. The van der Waals surface area contributed by atoms with Crippen LogP contribution in [0.2, 0.25) is 0 Å². The number of carbonyl (C=O) groups excluding carboxylic acids is 1. The molecule has 12 heteroatoms. The number of hydrogen-bond donors (Lipinski definition) is 1. The molecule has 45 heavy (non-hydrogen) atoms. The predicted molar refractivity (Wildman–Crippen MR) is 172 cm³/mol. The molecular weight excluding hydrogens is 623 g/mol. The third kappa shape index (κ3) is 8.86. The standard InChI is InChI=1S/C33H34F2N2O6S2/c34-27-8-6-25(19-28(27)35)24-7-9-29(43-17-13-36-11-15-41-16-12-36)26(18-24)20-30-31(38)37(33(44)45-30)10-1-14-42-21-22-2-4-23(5-3-22)32(39)40/h2-9,18-19,30H,1,10-17,20-21H2,(H,39,40). The normalized spacial score (nSPS) is 17.2. The Bertz CT molecular complexity index is 1520. The van der Waals surface area contributed by atoms with Crippen LogP contribution in [0.25, 0.3) is 11.1 Å². The van der Waals surface area contributed by atoms with E-state index in [2.05, 4.69) is 4.90 Å². The number of aromatic carboxylic acids is 1. The Kier molecular flexibility index (Phi) is 11.5. The van der Waals surface area contributed by atoms with Gasteiger partial charge < -0.3 is 19.3 Å². The van der Waals surface area contributed by atoms with Gasteiger partial charge in [0.2, 0.25) is 5.91 Å². The number of carboxylic acid groups (broad SMARTS) is 1. The molecule has 0 radical (unpaired) electrons. The Hall–Kier alpha value is -3.42. The van der Waals surface area contributed by atoms with E-state index in [-0.39, 0.29) is 11.5 Å². The summed E-state index contributed by atoms with van der Waals surface area (Å²) in [7, 11) is 0. The molecule has 2 fully saturated rings. The largest absolute Gasteiger partial charge is 0.492 e. The first kappa shape index (κ1) is 33.0. The smallest absolute Gasteiger partial charge is 0.335 e. The van der Waals surface area contributed by atoms with Gasteiger partial charge in [0.15, 0.2) is 11.6 Å². The lowest BCUT2D eigenvalue weighted by molar-refractivity contribution is -0.126. The molecule has 2 heterocycles. The number of carbonyl (C=O) groups is 2. The van der Waals surface area contributed by atoms with Crippen LogP contribution in [0.1, 0.15) is 27.9 Å². The van der Waals surface area contributed by atoms with Gasteiger partial charge in [-0.1, -0.05) is 48.2 Å². The molecule has 2 saturated heterocycles.